The van der Waals surface area contributed by atoms with Crippen LogP contribution in [0.1, 0.15) is 16.7 Å². The first-order valence-corrected chi connectivity index (χ1v) is 26.1. The Hall–Kier alpha value is -10.4. The molecule has 6 aliphatic rings. The fourth-order valence-electron chi connectivity index (χ4n) is 13.3. The van der Waals surface area contributed by atoms with Crippen molar-refractivity contribution in [3.8, 4) is 102 Å². The standard InChI is InChI=1S/C69H42N6O3/c76-49-31-37-67(38-32-49)55-52(64-70-58(43-19-7-1-8-20-43)61(73(64)67)46-25-13-4-14-26-46)56-54(66-72-59(44-21-9-2-10-22-44)62(47-27-15-5-16-28-47)74(66)68(56)39-33-50(77)34-40-68)57-53(55)65-71-60(45-23-11-3-12-24-45)63(48-29-17-6-18-30-48)75(65)69(57)41-35-51(78)36-42-69/h1-42H. The van der Waals surface area contributed by atoms with E-state index in [4.69, 9.17) is 15.0 Å². The molecule has 9 heteroatoms. The highest BCUT2D eigenvalue weighted by Crippen LogP contribution is 2.68. The summed E-state index contributed by atoms with van der Waals surface area (Å²) in [7, 11) is 0. The number of hydrogen-bond donors (Lipinski definition) is 0. The molecule has 0 fully saturated rings. The smallest absolute Gasteiger partial charge is 0.178 e. The van der Waals surface area contributed by atoms with Gasteiger partial charge in [0.05, 0.1) is 34.2 Å². The first-order valence-electron chi connectivity index (χ1n) is 26.1. The van der Waals surface area contributed by atoms with Crippen molar-refractivity contribution in [1.82, 2.24) is 28.7 Å². The van der Waals surface area contributed by atoms with Crippen LogP contribution in [0.25, 0.3) is 102 Å². The van der Waals surface area contributed by atoms with Crippen LogP contribution in [-0.2, 0) is 31.0 Å². The fraction of sp³-hybridized carbons (Fsp3) is 0.0435. The van der Waals surface area contributed by atoms with Gasteiger partial charge in [-0.15, -0.1) is 0 Å². The molecule has 3 aromatic heterocycles. The molecular formula is C69H42N6O3. The second-order valence-electron chi connectivity index (χ2n) is 20.5. The number of nitrogens with zero attached hydrogens (tertiary/aromatic N) is 6. The monoisotopic (exact) mass is 1000 g/mol. The van der Waals surface area contributed by atoms with Gasteiger partial charge in [0.25, 0.3) is 0 Å². The van der Waals surface area contributed by atoms with Gasteiger partial charge in [-0.1, -0.05) is 182 Å². The second-order valence-corrected chi connectivity index (χ2v) is 20.5. The lowest BCUT2D eigenvalue weighted by atomic mass is 9.70. The quantitative estimate of drug-likeness (QED) is 0.164. The van der Waals surface area contributed by atoms with Crippen LogP contribution in [0.5, 0.6) is 0 Å². The molecule has 78 heavy (non-hydrogen) atoms. The number of carbonyl (C=O) groups is 3. The van der Waals surface area contributed by atoms with E-state index in [9.17, 15) is 14.4 Å². The normalized spacial score (nSPS) is 16.5. The first kappa shape index (κ1) is 44.0. The molecule has 0 amide bonds. The van der Waals surface area contributed by atoms with Crippen molar-refractivity contribution < 1.29 is 14.4 Å². The topological polar surface area (TPSA) is 105 Å². The Bertz CT molecular complexity index is 3930. The van der Waals surface area contributed by atoms with Gasteiger partial charge in [-0.25, -0.2) is 15.0 Å². The Morgan fingerprint density at radius 3 is 0.692 bits per heavy atom. The van der Waals surface area contributed by atoms with Crippen LogP contribution in [0, 0.1) is 0 Å². The predicted octanol–water partition coefficient (Wildman–Crippen LogP) is 13.5. The number of carbonyl (C=O) groups excluding carboxylic acids is 3. The van der Waals surface area contributed by atoms with Crippen molar-refractivity contribution in [2.24, 2.45) is 0 Å². The molecule has 10 aromatic rings. The highest BCUT2D eigenvalue weighted by Gasteiger charge is 2.60. The molecule has 0 radical (unpaired) electrons. The van der Waals surface area contributed by atoms with Gasteiger partial charge in [-0.05, 0) is 72.9 Å². The molecule has 7 aromatic carbocycles. The number of ketones is 3. The predicted molar refractivity (Wildman–Crippen MR) is 304 cm³/mol. The Morgan fingerprint density at radius 2 is 0.474 bits per heavy atom. The molecule has 0 N–H and O–H groups in total. The van der Waals surface area contributed by atoms with Crippen molar-refractivity contribution >= 4 is 17.3 Å². The average molecular weight is 1000 g/mol. The maximum atomic E-state index is 13.8. The van der Waals surface area contributed by atoms with Gasteiger partial charge >= 0.3 is 0 Å². The van der Waals surface area contributed by atoms with E-state index >= 15 is 0 Å². The molecule has 0 bridgehead atoms. The minimum absolute atomic E-state index is 0.139. The Morgan fingerprint density at radius 1 is 0.269 bits per heavy atom. The summed E-state index contributed by atoms with van der Waals surface area (Å²) in [4.78, 5) is 59.2. The summed E-state index contributed by atoms with van der Waals surface area (Å²) < 4.78 is 6.97. The van der Waals surface area contributed by atoms with Crippen LogP contribution in [0.3, 0.4) is 0 Å². The van der Waals surface area contributed by atoms with E-state index in [1.54, 1.807) is 36.5 Å². The summed E-state index contributed by atoms with van der Waals surface area (Å²) in [5.41, 5.74) is 12.0. The van der Waals surface area contributed by atoms with Crippen molar-refractivity contribution in [3.05, 3.63) is 272 Å². The zero-order chi connectivity index (χ0) is 51.9. The largest absolute Gasteiger partial charge is 0.306 e. The zero-order valence-corrected chi connectivity index (χ0v) is 41.7. The highest BCUT2D eigenvalue weighted by atomic mass is 16.1. The van der Waals surface area contributed by atoms with Gasteiger partial charge in [0.1, 0.15) is 34.1 Å². The van der Waals surface area contributed by atoms with Crippen molar-refractivity contribution in [3.63, 3.8) is 0 Å². The Kier molecular flexibility index (Phi) is 9.06. The maximum Gasteiger partial charge on any atom is 0.178 e. The molecule has 0 saturated carbocycles. The van der Waals surface area contributed by atoms with Gasteiger partial charge in [-0.3, -0.25) is 14.4 Å². The number of allylic oxidation sites excluding steroid dienone is 12. The van der Waals surface area contributed by atoms with E-state index in [0.717, 1.165) is 101 Å². The van der Waals surface area contributed by atoms with Crippen LogP contribution >= 0.6 is 0 Å². The van der Waals surface area contributed by atoms with E-state index in [1.807, 2.05) is 146 Å². The van der Waals surface area contributed by atoms with Gasteiger partial charge in [0.15, 0.2) is 17.3 Å². The van der Waals surface area contributed by atoms with Crippen LogP contribution in [0.15, 0.2) is 255 Å². The summed E-state index contributed by atoms with van der Waals surface area (Å²) in [5, 5.41) is 0. The molecule has 3 spiro atoms. The SMILES string of the molecule is O=C1C=CC2(C=C1)c1c3c(c4c(c1-c1nc(-c5ccccc5)c(-c5ccccc5)n12)C1(C=CC(=O)C=C1)n1c-4nc(-c2ccccc2)c1-c1ccccc1)C1(C=CC(=O)C=C1)n1c-3nc(-c2ccccc2)c1-c1ccccc1. The third-order valence-corrected chi connectivity index (χ3v) is 16.4. The van der Waals surface area contributed by atoms with Crippen molar-refractivity contribution in [2.45, 2.75) is 16.6 Å². The van der Waals surface area contributed by atoms with E-state index in [-0.39, 0.29) is 17.3 Å². The molecule has 0 atom stereocenters. The second kappa shape index (κ2) is 16.1. The summed E-state index contributed by atoms with van der Waals surface area (Å²) in [6.45, 7) is 0. The molecule has 0 unspecified atom stereocenters. The average Bonchev–Trinajstić information content (AvgIpc) is 2.87. The molecule has 9 nitrogen and oxygen atoms in total. The van der Waals surface area contributed by atoms with E-state index in [2.05, 4.69) is 86.5 Å². The van der Waals surface area contributed by atoms with E-state index in [1.165, 1.54) is 0 Å². The van der Waals surface area contributed by atoms with Gasteiger partial charge < -0.3 is 13.7 Å². The molecular weight excluding hydrogens is 961 g/mol. The number of fused-ring (bicyclic) bond motifs is 18. The third kappa shape index (κ3) is 5.79. The van der Waals surface area contributed by atoms with Crippen molar-refractivity contribution in [2.75, 3.05) is 0 Å². The van der Waals surface area contributed by atoms with Crippen LogP contribution in [-0.4, -0.2) is 46.0 Å². The summed E-state index contributed by atoms with van der Waals surface area (Å²) >= 11 is 0. The summed E-state index contributed by atoms with van der Waals surface area (Å²) in [6, 6.07) is 61.8. The third-order valence-electron chi connectivity index (χ3n) is 16.4. The Balaban J connectivity index is 1.17. The van der Waals surface area contributed by atoms with E-state index < -0.39 is 16.6 Å². The molecule has 3 aliphatic carbocycles. The first-order chi connectivity index (χ1) is 38.4. The molecule has 366 valence electrons. The lowest BCUT2D eigenvalue weighted by Crippen LogP contribution is -2.34. The number of benzene rings is 7. The number of hydrogen-bond acceptors (Lipinski definition) is 6. The molecule has 0 saturated heterocycles. The lowest BCUT2D eigenvalue weighted by Gasteiger charge is -2.35. The summed E-state index contributed by atoms with van der Waals surface area (Å²) in [6.07, 6.45) is 22.3. The van der Waals surface area contributed by atoms with Gasteiger partial charge in [0, 0.05) is 66.8 Å². The minimum Gasteiger partial charge on any atom is -0.306 e. The summed E-state index contributed by atoms with van der Waals surface area (Å²) in [5.74, 6) is 1.61. The fourth-order valence-corrected chi connectivity index (χ4v) is 13.3. The molecule has 16 rings (SSSR count). The maximum absolute atomic E-state index is 13.8. The highest BCUT2D eigenvalue weighted by molar-refractivity contribution is 6.09. The number of imidazole rings is 3. The zero-order valence-electron chi connectivity index (χ0n) is 41.7. The van der Waals surface area contributed by atoms with Crippen LogP contribution in [0.2, 0.25) is 0 Å². The lowest BCUT2D eigenvalue weighted by molar-refractivity contribution is -0.111. The van der Waals surface area contributed by atoms with Crippen molar-refractivity contribution in [1.29, 1.82) is 0 Å². The van der Waals surface area contributed by atoms with Crippen LogP contribution in [0.4, 0.5) is 0 Å². The van der Waals surface area contributed by atoms with Gasteiger partial charge in [0.2, 0.25) is 0 Å². The van der Waals surface area contributed by atoms with Gasteiger partial charge in [-0.2, -0.15) is 0 Å². The van der Waals surface area contributed by atoms with E-state index in [0.29, 0.717) is 17.5 Å². The Labute approximate surface area is 448 Å². The minimum atomic E-state index is -1.20. The number of rotatable bonds is 6. The van der Waals surface area contributed by atoms with Crippen LogP contribution < -0.4 is 0 Å². The number of aromatic nitrogens is 6. The molecule has 6 heterocycles. The molecule has 3 aliphatic heterocycles.